The van der Waals surface area contributed by atoms with Crippen LogP contribution in [0.3, 0.4) is 0 Å². The zero-order chi connectivity index (χ0) is 19.3. The number of hydrogen-bond acceptors (Lipinski definition) is 4. The average molecular weight is 504 g/mol. The molecular weight excluding hydrogens is 467 g/mol. The Balaban J connectivity index is 0.00000392. The molecule has 0 bridgehead atoms. The fraction of sp³-hybridized carbons (Fsp3) is 0.667. The number of guanidine groups is 1. The second-order valence-electron chi connectivity index (χ2n) is 6.99. The largest absolute Gasteiger partial charge is 0.496 e. The number of hydrogen-bond donors (Lipinski definition) is 2. The Morgan fingerprint density at radius 1 is 1.18 bits per heavy atom. The molecule has 0 spiro atoms. The molecule has 0 unspecified atom stereocenters. The van der Waals surface area contributed by atoms with Gasteiger partial charge in [-0.1, -0.05) is 18.2 Å². The van der Waals surface area contributed by atoms with Gasteiger partial charge in [0.25, 0.3) is 0 Å². The number of ether oxygens (including phenoxy) is 2. The minimum Gasteiger partial charge on any atom is -0.496 e. The van der Waals surface area contributed by atoms with Gasteiger partial charge in [-0.3, -0.25) is 4.99 Å². The van der Waals surface area contributed by atoms with Gasteiger partial charge in [0.15, 0.2) is 5.96 Å². The number of halogens is 1. The summed E-state index contributed by atoms with van der Waals surface area (Å²) in [5.74, 6) is 2.53. The number of nitrogens with zero attached hydrogens (tertiary/aromatic N) is 2. The highest BCUT2D eigenvalue weighted by Crippen LogP contribution is 2.18. The van der Waals surface area contributed by atoms with Crippen LogP contribution in [-0.2, 0) is 11.2 Å². The van der Waals surface area contributed by atoms with Crippen molar-refractivity contribution in [3.05, 3.63) is 29.8 Å². The van der Waals surface area contributed by atoms with Crippen molar-refractivity contribution in [2.45, 2.75) is 26.2 Å². The molecule has 0 aromatic heterocycles. The van der Waals surface area contributed by atoms with Crippen LogP contribution >= 0.6 is 24.0 Å². The number of piperidine rings is 1. The SMILES string of the molecule is CCNC(=NCC1CCN(CCOC)CC1)NCCc1ccccc1OC.I. The van der Waals surface area contributed by atoms with Crippen LogP contribution in [0.4, 0.5) is 0 Å². The van der Waals surface area contributed by atoms with Gasteiger partial charge in [0.2, 0.25) is 0 Å². The molecule has 1 saturated heterocycles. The molecule has 1 aromatic rings. The summed E-state index contributed by atoms with van der Waals surface area (Å²) in [6, 6.07) is 8.17. The van der Waals surface area contributed by atoms with Crippen LogP contribution in [0.25, 0.3) is 0 Å². The van der Waals surface area contributed by atoms with Crippen LogP contribution in [0.1, 0.15) is 25.3 Å². The van der Waals surface area contributed by atoms with Gasteiger partial charge < -0.3 is 25.0 Å². The van der Waals surface area contributed by atoms with E-state index in [4.69, 9.17) is 14.5 Å². The first-order valence-electron chi connectivity index (χ1n) is 10.1. The zero-order valence-corrected chi connectivity index (χ0v) is 19.9. The number of methoxy groups -OCH3 is 2. The number of para-hydroxylation sites is 1. The molecule has 28 heavy (non-hydrogen) atoms. The summed E-state index contributed by atoms with van der Waals surface area (Å²) in [6.07, 6.45) is 3.34. The Bertz CT molecular complexity index is 563. The van der Waals surface area contributed by atoms with Crippen molar-refractivity contribution >= 4 is 29.9 Å². The third-order valence-corrected chi connectivity index (χ3v) is 5.05. The van der Waals surface area contributed by atoms with Gasteiger partial charge in [-0.2, -0.15) is 0 Å². The number of benzene rings is 1. The molecule has 1 aromatic carbocycles. The van der Waals surface area contributed by atoms with Crippen LogP contribution < -0.4 is 15.4 Å². The lowest BCUT2D eigenvalue weighted by atomic mass is 9.97. The normalized spacial score (nSPS) is 15.8. The highest BCUT2D eigenvalue weighted by atomic mass is 127. The van der Waals surface area contributed by atoms with Crippen LogP contribution in [0, 0.1) is 5.92 Å². The second kappa shape index (κ2) is 14.9. The summed E-state index contributed by atoms with van der Waals surface area (Å²) in [6.45, 7) is 8.87. The van der Waals surface area contributed by atoms with Gasteiger partial charge in [0.05, 0.1) is 13.7 Å². The van der Waals surface area contributed by atoms with Crippen LogP contribution in [0.15, 0.2) is 29.3 Å². The number of rotatable bonds is 10. The van der Waals surface area contributed by atoms with Crippen molar-refractivity contribution in [1.82, 2.24) is 15.5 Å². The Morgan fingerprint density at radius 2 is 1.93 bits per heavy atom. The highest BCUT2D eigenvalue weighted by molar-refractivity contribution is 14.0. The number of likely N-dealkylation sites (tertiary alicyclic amines) is 1. The van der Waals surface area contributed by atoms with Gasteiger partial charge in [0, 0.05) is 33.3 Å². The topological polar surface area (TPSA) is 58.1 Å². The smallest absolute Gasteiger partial charge is 0.191 e. The minimum absolute atomic E-state index is 0. The van der Waals surface area contributed by atoms with E-state index in [0.29, 0.717) is 5.92 Å². The van der Waals surface area contributed by atoms with E-state index in [2.05, 4.69) is 34.6 Å². The molecule has 0 atom stereocenters. The van der Waals surface area contributed by atoms with Crippen molar-refractivity contribution in [1.29, 1.82) is 0 Å². The fourth-order valence-electron chi connectivity index (χ4n) is 3.40. The molecule has 1 aliphatic rings. The molecule has 0 saturated carbocycles. The molecule has 0 amide bonds. The van der Waals surface area contributed by atoms with Gasteiger partial charge in [-0.15, -0.1) is 24.0 Å². The van der Waals surface area contributed by atoms with E-state index in [1.807, 2.05) is 12.1 Å². The van der Waals surface area contributed by atoms with Crippen LogP contribution in [-0.4, -0.2) is 71.0 Å². The maximum atomic E-state index is 5.42. The minimum atomic E-state index is 0. The van der Waals surface area contributed by atoms with Crippen molar-refractivity contribution in [3.8, 4) is 5.75 Å². The third-order valence-electron chi connectivity index (χ3n) is 5.05. The maximum Gasteiger partial charge on any atom is 0.191 e. The molecule has 7 heteroatoms. The first-order valence-corrected chi connectivity index (χ1v) is 10.1. The van der Waals surface area contributed by atoms with Gasteiger partial charge >= 0.3 is 0 Å². The van der Waals surface area contributed by atoms with E-state index in [0.717, 1.165) is 64.0 Å². The first-order chi connectivity index (χ1) is 13.3. The molecule has 2 N–H and O–H groups in total. The quantitative estimate of drug-likeness (QED) is 0.292. The van der Waals surface area contributed by atoms with Crippen molar-refractivity contribution in [2.75, 3.05) is 60.1 Å². The predicted octanol–water partition coefficient (Wildman–Crippen LogP) is 2.77. The number of aliphatic imine (C=N–C) groups is 1. The second-order valence-corrected chi connectivity index (χ2v) is 6.99. The van der Waals surface area contributed by atoms with Crippen LogP contribution in [0.2, 0.25) is 0 Å². The summed E-state index contributed by atoms with van der Waals surface area (Å²) in [4.78, 5) is 7.30. The summed E-state index contributed by atoms with van der Waals surface area (Å²) in [5, 5.41) is 6.81. The monoisotopic (exact) mass is 504 g/mol. The van der Waals surface area contributed by atoms with Crippen molar-refractivity contribution in [2.24, 2.45) is 10.9 Å². The molecule has 1 fully saturated rings. The Labute approximate surface area is 187 Å². The summed E-state index contributed by atoms with van der Waals surface area (Å²) < 4.78 is 10.6. The summed E-state index contributed by atoms with van der Waals surface area (Å²) >= 11 is 0. The Hall–Kier alpha value is -1.06. The standard InChI is InChI=1S/C21H36N4O2.HI/c1-4-22-21(23-12-9-19-7-5-6-8-20(19)27-3)24-17-18-10-13-25(14-11-18)15-16-26-2;/h5-8,18H,4,9-17H2,1-3H3,(H2,22,23,24);1H. The van der Waals surface area contributed by atoms with Gasteiger partial charge in [-0.25, -0.2) is 0 Å². The van der Waals surface area contributed by atoms with Crippen molar-refractivity contribution < 1.29 is 9.47 Å². The fourth-order valence-corrected chi connectivity index (χ4v) is 3.40. The molecule has 2 rings (SSSR count). The highest BCUT2D eigenvalue weighted by Gasteiger charge is 2.18. The molecule has 160 valence electrons. The summed E-state index contributed by atoms with van der Waals surface area (Å²) in [5.41, 5.74) is 1.21. The van der Waals surface area contributed by atoms with E-state index in [1.165, 1.54) is 18.4 Å². The molecule has 1 aliphatic heterocycles. The van der Waals surface area contributed by atoms with E-state index >= 15 is 0 Å². The average Bonchev–Trinajstić information content (AvgIpc) is 2.71. The zero-order valence-electron chi connectivity index (χ0n) is 17.6. The molecule has 6 nitrogen and oxygen atoms in total. The summed E-state index contributed by atoms with van der Waals surface area (Å²) in [7, 11) is 3.49. The maximum absolute atomic E-state index is 5.42. The van der Waals surface area contributed by atoms with Crippen LogP contribution in [0.5, 0.6) is 5.75 Å². The van der Waals surface area contributed by atoms with Gasteiger partial charge in [0.1, 0.15) is 5.75 Å². The predicted molar refractivity (Wildman–Crippen MR) is 127 cm³/mol. The first kappa shape index (κ1) is 25.0. The Kier molecular flexibility index (Phi) is 13.3. The lowest BCUT2D eigenvalue weighted by Crippen LogP contribution is -2.40. The van der Waals surface area contributed by atoms with E-state index in [9.17, 15) is 0 Å². The van der Waals surface area contributed by atoms with Crippen molar-refractivity contribution in [3.63, 3.8) is 0 Å². The van der Waals surface area contributed by atoms with E-state index in [-0.39, 0.29) is 24.0 Å². The third kappa shape index (κ3) is 8.96. The number of nitrogens with one attached hydrogen (secondary N) is 2. The molecule has 0 aliphatic carbocycles. The van der Waals surface area contributed by atoms with E-state index in [1.54, 1.807) is 14.2 Å². The molecule has 1 heterocycles. The van der Waals surface area contributed by atoms with Gasteiger partial charge in [-0.05, 0) is 56.8 Å². The Morgan fingerprint density at radius 3 is 2.61 bits per heavy atom. The molecular formula is C21H37IN4O2. The molecule has 0 radical (unpaired) electrons. The lowest BCUT2D eigenvalue weighted by Gasteiger charge is -2.31. The lowest BCUT2D eigenvalue weighted by molar-refractivity contribution is 0.121. The van der Waals surface area contributed by atoms with E-state index < -0.39 is 0 Å².